The van der Waals surface area contributed by atoms with Crippen LogP contribution in [-0.2, 0) is 16.1 Å². The van der Waals surface area contributed by atoms with Gasteiger partial charge in [0.2, 0.25) is 0 Å². The number of para-hydroxylation sites is 1. The number of rotatable bonds is 5. The van der Waals surface area contributed by atoms with Gasteiger partial charge in [0, 0.05) is 22.9 Å². The van der Waals surface area contributed by atoms with Crippen molar-refractivity contribution >= 4 is 12.0 Å². The van der Waals surface area contributed by atoms with E-state index < -0.39 is 5.97 Å². The van der Waals surface area contributed by atoms with E-state index in [9.17, 15) is 9.18 Å². The molecule has 0 unspecified atom stereocenters. The monoisotopic (exact) mass is 350 g/mol. The number of carbonyl (C=O) groups is 1. The van der Waals surface area contributed by atoms with Gasteiger partial charge in [-0.1, -0.05) is 36.4 Å². The van der Waals surface area contributed by atoms with Gasteiger partial charge in [-0.2, -0.15) is 5.10 Å². The first-order chi connectivity index (χ1) is 12.6. The number of hydrogen-bond donors (Lipinski definition) is 0. The molecule has 0 spiro atoms. The van der Waals surface area contributed by atoms with Crippen LogP contribution in [0.5, 0.6) is 0 Å². The highest BCUT2D eigenvalue weighted by Crippen LogP contribution is 2.19. The summed E-state index contributed by atoms with van der Waals surface area (Å²) < 4.78 is 20.5. The summed E-state index contributed by atoms with van der Waals surface area (Å²) in [4.78, 5) is 11.9. The standard InChI is InChI=1S/C21H19FN2O2/c1-15-19(16(2)24(23-15)18-9-4-3-5-10-18)12-13-21(25)26-14-17-8-6-7-11-20(17)22/h3-13H,14H2,1-2H3/b13-12+. The minimum absolute atomic E-state index is 0.100. The lowest BCUT2D eigenvalue weighted by atomic mass is 10.2. The van der Waals surface area contributed by atoms with Crippen LogP contribution in [0.25, 0.3) is 11.8 Å². The van der Waals surface area contributed by atoms with Gasteiger partial charge in [0.25, 0.3) is 0 Å². The van der Waals surface area contributed by atoms with Crippen LogP contribution in [0.4, 0.5) is 4.39 Å². The van der Waals surface area contributed by atoms with Gasteiger partial charge in [-0.3, -0.25) is 0 Å². The minimum atomic E-state index is -0.528. The van der Waals surface area contributed by atoms with Gasteiger partial charge in [-0.05, 0) is 38.1 Å². The summed E-state index contributed by atoms with van der Waals surface area (Å²) in [6, 6.07) is 16.0. The molecule has 1 aromatic heterocycles. The van der Waals surface area contributed by atoms with E-state index in [-0.39, 0.29) is 12.4 Å². The van der Waals surface area contributed by atoms with Crippen molar-refractivity contribution in [3.63, 3.8) is 0 Å². The zero-order chi connectivity index (χ0) is 18.5. The molecule has 0 atom stereocenters. The van der Waals surface area contributed by atoms with Gasteiger partial charge < -0.3 is 4.74 Å². The molecule has 3 aromatic rings. The Kier molecular flexibility index (Phi) is 5.27. The highest BCUT2D eigenvalue weighted by atomic mass is 19.1. The molecular formula is C21H19FN2O2. The molecule has 0 fully saturated rings. The number of aromatic nitrogens is 2. The number of aryl methyl sites for hydroxylation is 1. The average Bonchev–Trinajstić information content (AvgIpc) is 2.94. The third kappa shape index (κ3) is 3.88. The summed E-state index contributed by atoms with van der Waals surface area (Å²) in [6.45, 7) is 3.73. The summed E-state index contributed by atoms with van der Waals surface area (Å²) in [5.41, 5.74) is 3.89. The lowest BCUT2D eigenvalue weighted by Gasteiger charge is -2.04. The molecule has 0 amide bonds. The number of benzene rings is 2. The molecule has 26 heavy (non-hydrogen) atoms. The molecule has 132 valence electrons. The number of esters is 1. The van der Waals surface area contributed by atoms with Crippen molar-refractivity contribution < 1.29 is 13.9 Å². The summed E-state index contributed by atoms with van der Waals surface area (Å²) in [5, 5.41) is 4.53. The molecule has 5 heteroatoms. The summed E-state index contributed by atoms with van der Waals surface area (Å²) >= 11 is 0. The Morgan fingerprint density at radius 2 is 1.81 bits per heavy atom. The Morgan fingerprint density at radius 1 is 1.12 bits per heavy atom. The lowest BCUT2D eigenvalue weighted by Crippen LogP contribution is -2.02. The van der Waals surface area contributed by atoms with E-state index >= 15 is 0 Å². The molecule has 1 heterocycles. The topological polar surface area (TPSA) is 44.1 Å². The number of carbonyl (C=O) groups excluding carboxylic acids is 1. The van der Waals surface area contributed by atoms with E-state index in [0.29, 0.717) is 5.56 Å². The Morgan fingerprint density at radius 3 is 2.54 bits per heavy atom. The summed E-state index contributed by atoms with van der Waals surface area (Å²) in [5.74, 6) is -0.917. The Balaban J connectivity index is 1.71. The first kappa shape index (κ1) is 17.6. The Hall–Kier alpha value is -3.21. The van der Waals surface area contributed by atoms with E-state index in [1.807, 2.05) is 48.9 Å². The van der Waals surface area contributed by atoms with Crippen molar-refractivity contribution in [1.29, 1.82) is 0 Å². The van der Waals surface area contributed by atoms with Crippen LogP contribution < -0.4 is 0 Å². The highest BCUT2D eigenvalue weighted by Gasteiger charge is 2.11. The predicted octanol–water partition coefficient (Wildman–Crippen LogP) is 4.38. The molecule has 0 saturated carbocycles. The fourth-order valence-electron chi connectivity index (χ4n) is 2.68. The smallest absolute Gasteiger partial charge is 0.331 e. The number of nitrogens with zero attached hydrogens (tertiary/aromatic N) is 2. The van der Waals surface area contributed by atoms with Crippen molar-refractivity contribution in [3.8, 4) is 5.69 Å². The van der Waals surface area contributed by atoms with Gasteiger partial charge in [0.05, 0.1) is 11.4 Å². The fraction of sp³-hybridized carbons (Fsp3) is 0.143. The predicted molar refractivity (Wildman–Crippen MR) is 98.3 cm³/mol. The highest BCUT2D eigenvalue weighted by molar-refractivity contribution is 5.87. The quantitative estimate of drug-likeness (QED) is 0.506. The second-order valence-electron chi connectivity index (χ2n) is 5.86. The SMILES string of the molecule is Cc1nn(-c2ccccc2)c(C)c1/C=C/C(=O)OCc1ccccc1F. The van der Waals surface area contributed by atoms with E-state index in [1.54, 1.807) is 24.3 Å². The van der Waals surface area contributed by atoms with Crippen molar-refractivity contribution in [1.82, 2.24) is 9.78 Å². The average molecular weight is 350 g/mol. The maximum Gasteiger partial charge on any atom is 0.331 e. The van der Waals surface area contributed by atoms with E-state index in [2.05, 4.69) is 5.10 Å². The van der Waals surface area contributed by atoms with Crippen molar-refractivity contribution in [2.24, 2.45) is 0 Å². The van der Waals surface area contributed by atoms with Crippen LogP contribution in [0.15, 0.2) is 60.7 Å². The summed E-state index contributed by atoms with van der Waals surface area (Å²) in [7, 11) is 0. The molecule has 0 saturated heterocycles. The summed E-state index contributed by atoms with van der Waals surface area (Å²) in [6.07, 6.45) is 3.02. The van der Waals surface area contributed by atoms with Crippen molar-refractivity contribution in [3.05, 3.63) is 89.0 Å². The molecule has 2 aromatic carbocycles. The number of ether oxygens (including phenoxy) is 1. The lowest BCUT2D eigenvalue weighted by molar-refractivity contribution is -0.138. The van der Waals surface area contributed by atoms with E-state index in [1.165, 1.54) is 12.1 Å². The van der Waals surface area contributed by atoms with Gasteiger partial charge >= 0.3 is 5.97 Å². The molecule has 0 aliphatic heterocycles. The fourth-order valence-corrected chi connectivity index (χ4v) is 2.68. The van der Waals surface area contributed by atoms with Crippen LogP contribution in [0.3, 0.4) is 0 Å². The second-order valence-corrected chi connectivity index (χ2v) is 5.86. The third-order valence-corrected chi connectivity index (χ3v) is 4.06. The minimum Gasteiger partial charge on any atom is -0.458 e. The molecule has 0 radical (unpaired) electrons. The van der Waals surface area contributed by atoms with Crippen LogP contribution in [-0.4, -0.2) is 15.7 Å². The first-order valence-electron chi connectivity index (χ1n) is 8.26. The van der Waals surface area contributed by atoms with Gasteiger partial charge in [0.1, 0.15) is 12.4 Å². The van der Waals surface area contributed by atoms with Crippen LogP contribution in [0.2, 0.25) is 0 Å². The molecular weight excluding hydrogens is 331 g/mol. The van der Waals surface area contributed by atoms with Crippen LogP contribution in [0.1, 0.15) is 22.5 Å². The molecule has 0 N–H and O–H groups in total. The van der Waals surface area contributed by atoms with Gasteiger partial charge in [-0.25, -0.2) is 13.9 Å². The number of hydrogen-bond acceptors (Lipinski definition) is 3. The van der Waals surface area contributed by atoms with Crippen molar-refractivity contribution in [2.75, 3.05) is 0 Å². The Labute approximate surface area is 151 Å². The molecule has 0 aliphatic carbocycles. The maximum atomic E-state index is 13.5. The molecule has 0 bridgehead atoms. The zero-order valence-corrected chi connectivity index (χ0v) is 14.6. The van der Waals surface area contributed by atoms with Crippen LogP contribution in [0, 0.1) is 19.7 Å². The molecule has 0 aliphatic rings. The maximum absolute atomic E-state index is 13.5. The molecule has 4 nitrogen and oxygen atoms in total. The Bertz CT molecular complexity index is 946. The van der Waals surface area contributed by atoms with Gasteiger partial charge in [-0.15, -0.1) is 0 Å². The van der Waals surface area contributed by atoms with Gasteiger partial charge in [0.15, 0.2) is 0 Å². The first-order valence-corrected chi connectivity index (χ1v) is 8.26. The number of halogens is 1. The normalized spacial score (nSPS) is 11.0. The zero-order valence-electron chi connectivity index (χ0n) is 14.6. The third-order valence-electron chi connectivity index (χ3n) is 4.06. The second kappa shape index (κ2) is 7.78. The van der Waals surface area contributed by atoms with E-state index in [0.717, 1.165) is 22.6 Å². The van der Waals surface area contributed by atoms with E-state index in [4.69, 9.17) is 4.74 Å². The van der Waals surface area contributed by atoms with Crippen molar-refractivity contribution in [2.45, 2.75) is 20.5 Å². The van der Waals surface area contributed by atoms with Crippen LogP contribution >= 0.6 is 0 Å². The largest absolute Gasteiger partial charge is 0.458 e. The molecule has 3 rings (SSSR count).